The number of nitrogens with zero attached hydrogens (tertiary/aromatic N) is 3. The normalized spacial score (nSPS) is 10.6. The Bertz CT molecular complexity index is 633. The molecule has 0 unspecified atom stereocenters. The van der Waals surface area contributed by atoms with Gasteiger partial charge in [0.1, 0.15) is 5.69 Å². The van der Waals surface area contributed by atoms with E-state index in [2.05, 4.69) is 21.0 Å². The lowest BCUT2D eigenvalue weighted by atomic mass is 10.2. The molecule has 0 aliphatic heterocycles. The lowest BCUT2D eigenvalue weighted by Gasteiger charge is -2.17. The third-order valence-corrected chi connectivity index (χ3v) is 3.68. The third kappa shape index (κ3) is 2.85. The van der Waals surface area contributed by atoms with E-state index >= 15 is 0 Å². The summed E-state index contributed by atoms with van der Waals surface area (Å²) in [4.78, 5) is 14.1. The molecule has 2 aromatic rings. The molecule has 1 heterocycles. The van der Waals surface area contributed by atoms with E-state index in [-0.39, 0.29) is 5.91 Å². The number of carbonyl (C=O) groups excluding carboxylic acids is 1. The van der Waals surface area contributed by atoms with Gasteiger partial charge in [0.25, 0.3) is 5.91 Å². The molecule has 1 aromatic carbocycles. The first kappa shape index (κ1) is 14.6. The molecule has 0 radical (unpaired) electrons. The maximum absolute atomic E-state index is 12.4. The van der Waals surface area contributed by atoms with E-state index < -0.39 is 0 Å². The number of aromatic nitrogens is 2. The quantitative estimate of drug-likeness (QED) is 0.935. The van der Waals surface area contributed by atoms with E-state index in [0.717, 1.165) is 10.0 Å². The molecule has 0 saturated heterocycles. The van der Waals surface area contributed by atoms with Gasteiger partial charge in [-0.25, -0.2) is 0 Å². The molecule has 0 aliphatic carbocycles. The molecule has 0 atom stereocenters. The zero-order valence-corrected chi connectivity index (χ0v) is 13.3. The Kier molecular flexibility index (Phi) is 4.13. The van der Waals surface area contributed by atoms with E-state index in [1.54, 1.807) is 25.9 Å². The average Bonchev–Trinajstić information content (AvgIpc) is 2.65. The lowest BCUT2D eigenvalue weighted by molar-refractivity contribution is 0.0775. The van der Waals surface area contributed by atoms with Gasteiger partial charge < -0.3 is 10.6 Å². The van der Waals surface area contributed by atoms with Gasteiger partial charge in [-0.2, -0.15) is 5.10 Å². The predicted octanol–water partition coefficient (Wildman–Crippen LogP) is 2.35. The van der Waals surface area contributed by atoms with Gasteiger partial charge in [0.2, 0.25) is 0 Å². The Morgan fingerprint density at radius 1 is 1.40 bits per heavy atom. The van der Waals surface area contributed by atoms with Crippen LogP contribution in [-0.4, -0.2) is 27.6 Å². The average molecular weight is 337 g/mol. The van der Waals surface area contributed by atoms with Crippen LogP contribution in [0.1, 0.15) is 21.7 Å². The zero-order valence-electron chi connectivity index (χ0n) is 11.7. The highest BCUT2D eigenvalue weighted by Gasteiger charge is 2.21. The molecule has 5 nitrogen and oxygen atoms in total. The molecule has 1 amide bonds. The van der Waals surface area contributed by atoms with Crippen LogP contribution in [0, 0.1) is 6.92 Å². The Morgan fingerprint density at radius 3 is 2.50 bits per heavy atom. The topological polar surface area (TPSA) is 64.2 Å². The summed E-state index contributed by atoms with van der Waals surface area (Å²) in [7, 11) is 3.48. The fraction of sp³-hybridized carbons (Fsp3) is 0.286. The van der Waals surface area contributed by atoms with Crippen molar-refractivity contribution in [1.29, 1.82) is 0 Å². The molecule has 20 heavy (non-hydrogen) atoms. The maximum Gasteiger partial charge on any atom is 0.274 e. The van der Waals surface area contributed by atoms with Gasteiger partial charge in [-0.3, -0.25) is 9.48 Å². The second kappa shape index (κ2) is 5.66. The second-order valence-corrected chi connectivity index (χ2v) is 5.67. The maximum atomic E-state index is 12.4. The highest BCUT2D eigenvalue weighted by molar-refractivity contribution is 9.10. The van der Waals surface area contributed by atoms with Crippen molar-refractivity contribution in [3.63, 3.8) is 0 Å². The van der Waals surface area contributed by atoms with Crippen molar-refractivity contribution in [2.24, 2.45) is 7.05 Å². The minimum atomic E-state index is -0.131. The summed E-state index contributed by atoms with van der Waals surface area (Å²) < 4.78 is 2.55. The number of nitrogen functional groups attached to an aromatic ring is 1. The Hall–Kier alpha value is -1.82. The van der Waals surface area contributed by atoms with Crippen LogP contribution in [0.25, 0.3) is 0 Å². The van der Waals surface area contributed by atoms with Crippen molar-refractivity contribution in [3.05, 3.63) is 45.7 Å². The van der Waals surface area contributed by atoms with Crippen LogP contribution in [0.2, 0.25) is 0 Å². The van der Waals surface area contributed by atoms with Crippen molar-refractivity contribution >= 4 is 27.5 Å². The number of halogens is 1. The highest BCUT2D eigenvalue weighted by Crippen LogP contribution is 2.18. The number of nitrogens with two attached hydrogens (primary N) is 1. The summed E-state index contributed by atoms with van der Waals surface area (Å²) in [5.41, 5.74) is 8.53. The number of benzene rings is 1. The van der Waals surface area contributed by atoms with Crippen molar-refractivity contribution in [2.45, 2.75) is 13.5 Å². The van der Waals surface area contributed by atoms with Crippen molar-refractivity contribution < 1.29 is 4.79 Å². The van der Waals surface area contributed by atoms with Crippen LogP contribution in [0.3, 0.4) is 0 Å². The fourth-order valence-corrected chi connectivity index (χ4v) is 2.31. The summed E-state index contributed by atoms with van der Waals surface area (Å²) >= 11 is 3.39. The van der Waals surface area contributed by atoms with Gasteiger partial charge in [-0.15, -0.1) is 0 Å². The standard InChI is InChI=1S/C14H17BrN4O/c1-9-12(16)13(19(3)17-9)14(20)18(2)8-10-4-6-11(15)7-5-10/h4-7H,8,16H2,1-3H3. The molecule has 0 fully saturated rings. The van der Waals surface area contributed by atoms with Crippen LogP contribution in [-0.2, 0) is 13.6 Å². The van der Waals surface area contributed by atoms with Crippen molar-refractivity contribution in [2.75, 3.05) is 12.8 Å². The van der Waals surface area contributed by atoms with E-state index in [9.17, 15) is 4.79 Å². The summed E-state index contributed by atoms with van der Waals surface area (Å²) in [6.45, 7) is 2.32. The first-order chi connectivity index (χ1) is 9.40. The first-order valence-corrected chi connectivity index (χ1v) is 6.98. The molecule has 2 N–H and O–H groups in total. The minimum absolute atomic E-state index is 0.131. The monoisotopic (exact) mass is 336 g/mol. The number of hydrogen-bond acceptors (Lipinski definition) is 3. The lowest BCUT2D eigenvalue weighted by Crippen LogP contribution is -2.28. The number of carbonyl (C=O) groups is 1. The molecule has 1 aromatic heterocycles. The van der Waals surface area contributed by atoms with Crippen LogP contribution in [0.5, 0.6) is 0 Å². The molecule has 0 bridgehead atoms. The first-order valence-electron chi connectivity index (χ1n) is 6.19. The van der Waals surface area contributed by atoms with Gasteiger partial charge in [0.15, 0.2) is 0 Å². The van der Waals surface area contributed by atoms with Gasteiger partial charge >= 0.3 is 0 Å². The summed E-state index contributed by atoms with van der Waals surface area (Å²) in [5, 5.41) is 4.17. The molecular weight excluding hydrogens is 320 g/mol. The largest absolute Gasteiger partial charge is 0.395 e. The Labute approximate surface area is 126 Å². The third-order valence-electron chi connectivity index (χ3n) is 3.15. The summed E-state index contributed by atoms with van der Waals surface area (Å²) in [6, 6.07) is 7.86. The number of rotatable bonds is 3. The molecular formula is C14H17BrN4O. The number of aryl methyl sites for hydroxylation is 2. The van der Waals surface area contributed by atoms with Crippen LogP contribution < -0.4 is 5.73 Å². The van der Waals surface area contributed by atoms with Gasteiger partial charge in [0, 0.05) is 25.1 Å². The van der Waals surface area contributed by atoms with E-state index in [1.165, 1.54) is 4.68 Å². The van der Waals surface area contributed by atoms with E-state index in [4.69, 9.17) is 5.73 Å². The molecule has 0 aliphatic rings. The Morgan fingerprint density at radius 2 is 2.00 bits per heavy atom. The van der Waals surface area contributed by atoms with Crippen molar-refractivity contribution in [3.8, 4) is 0 Å². The number of hydrogen-bond donors (Lipinski definition) is 1. The van der Waals surface area contributed by atoms with Gasteiger partial charge in [-0.1, -0.05) is 28.1 Å². The summed E-state index contributed by atoms with van der Waals surface area (Å²) in [6.07, 6.45) is 0. The SMILES string of the molecule is Cc1nn(C)c(C(=O)N(C)Cc2ccc(Br)cc2)c1N. The number of anilines is 1. The fourth-order valence-electron chi connectivity index (χ4n) is 2.04. The van der Waals surface area contributed by atoms with E-state index in [0.29, 0.717) is 23.6 Å². The molecule has 6 heteroatoms. The van der Waals surface area contributed by atoms with E-state index in [1.807, 2.05) is 24.3 Å². The number of amides is 1. The zero-order chi connectivity index (χ0) is 14.9. The van der Waals surface area contributed by atoms with Crippen LogP contribution in [0.4, 0.5) is 5.69 Å². The summed E-state index contributed by atoms with van der Waals surface area (Å²) in [5.74, 6) is -0.131. The Balaban J connectivity index is 2.18. The molecule has 2 rings (SSSR count). The predicted molar refractivity (Wildman–Crippen MR) is 82.3 cm³/mol. The van der Waals surface area contributed by atoms with Gasteiger partial charge in [-0.05, 0) is 24.6 Å². The molecule has 0 spiro atoms. The second-order valence-electron chi connectivity index (χ2n) is 4.76. The van der Waals surface area contributed by atoms with Crippen molar-refractivity contribution in [1.82, 2.24) is 14.7 Å². The minimum Gasteiger partial charge on any atom is -0.395 e. The van der Waals surface area contributed by atoms with Gasteiger partial charge in [0.05, 0.1) is 11.4 Å². The highest BCUT2D eigenvalue weighted by atomic mass is 79.9. The molecule has 106 valence electrons. The van der Waals surface area contributed by atoms with Crippen LogP contribution in [0.15, 0.2) is 28.7 Å². The molecule has 0 saturated carbocycles. The van der Waals surface area contributed by atoms with Crippen LogP contribution >= 0.6 is 15.9 Å². The smallest absolute Gasteiger partial charge is 0.274 e.